The van der Waals surface area contributed by atoms with Gasteiger partial charge in [-0.05, 0) is 50.2 Å². The molecule has 5 heteroatoms. The Balaban J connectivity index is 1.71. The Hall–Kier alpha value is -1.88. The molecule has 1 atom stereocenters. The van der Waals surface area contributed by atoms with E-state index in [0.29, 0.717) is 19.6 Å². The van der Waals surface area contributed by atoms with E-state index in [1.807, 2.05) is 47.9 Å². The van der Waals surface area contributed by atoms with Gasteiger partial charge in [0.15, 0.2) is 0 Å². The van der Waals surface area contributed by atoms with Gasteiger partial charge in [-0.25, -0.2) is 0 Å². The maximum absolute atomic E-state index is 12.8. The van der Waals surface area contributed by atoms with Crippen molar-refractivity contribution < 1.29 is 14.7 Å². The van der Waals surface area contributed by atoms with Crippen LogP contribution in [-0.4, -0.2) is 58.5 Å². The molecular weight excluding hydrogens is 316 g/mol. The van der Waals surface area contributed by atoms with Crippen LogP contribution in [0.25, 0.3) is 0 Å². The van der Waals surface area contributed by atoms with Crippen LogP contribution in [0.1, 0.15) is 49.0 Å². The number of carbonyl (C=O) groups is 2. The van der Waals surface area contributed by atoms with E-state index in [-0.39, 0.29) is 23.8 Å². The predicted octanol–water partition coefficient (Wildman–Crippen LogP) is 2.22. The average molecular weight is 344 g/mol. The number of piperidine rings is 1. The van der Waals surface area contributed by atoms with Gasteiger partial charge in [0.05, 0.1) is 12.1 Å². The lowest BCUT2D eigenvalue weighted by Crippen LogP contribution is -2.46. The highest BCUT2D eigenvalue weighted by Crippen LogP contribution is 2.48. The van der Waals surface area contributed by atoms with Crippen LogP contribution in [0.15, 0.2) is 24.3 Å². The number of hydrogen-bond acceptors (Lipinski definition) is 3. The number of aliphatic hydroxyl groups is 1. The molecule has 2 amide bonds. The van der Waals surface area contributed by atoms with Crippen molar-refractivity contribution >= 4 is 11.8 Å². The summed E-state index contributed by atoms with van der Waals surface area (Å²) in [5.74, 6) is 0.117. The fourth-order valence-electron chi connectivity index (χ4n) is 4.62. The standard InChI is InChI=1S/C20H28N2O3/c1-15-6-4-5-7-17(15)18(25)21-10-8-20(9-11-21)12-19(3,14-23)22(13-20)16(2)24/h4-7,23H,8-14H2,1-3H3/t19-/m1/s1. The molecule has 3 rings (SSSR count). The molecule has 0 unspecified atom stereocenters. The van der Waals surface area contributed by atoms with Gasteiger partial charge in [0.2, 0.25) is 5.91 Å². The van der Waals surface area contributed by atoms with E-state index >= 15 is 0 Å². The number of rotatable bonds is 2. The summed E-state index contributed by atoms with van der Waals surface area (Å²) in [6.45, 7) is 7.59. The van der Waals surface area contributed by atoms with Gasteiger partial charge in [-0.2, -0.15) is 0 Å². The Morgan fingerprint density at radius 1 is 1.20 bits per heavy atom. The number of nitrogens with zero attached hydrogens (tertiary/aromatic N) is 2. The van der Waals surface area contributed by atoms with Crippen LogP contribution in [0.2, 0.25) is 0 Å². The molecule has 2 fully saturated rings. The monoisotopic (exact) mass is 344 g/mol. The normalized spacial score (nSPS) is 25.4. The molecule has 5 nitrogen and oxygen atoms in total. The number of amides is 2. The molecule has 0 saturated carbocycles. The quantitative estimate of drug-likeness (QED) is 0.895. The topological polar surface area (TPSA) is 60.9 Å². The molecule has 136 valence electrons. The van der Waals surface area contributed by atoms with Crippen LogP contribution in [0.5, 0.6) is 0 Å². The average Bonchev–Trinajstić information content (AvgIpc) is 2.89. The van der Waals surface area contributed by atoms with Crippen molar-refractivity contribution in [2.45, 2.75) is 45.6 Å². The number of hydrogen-bond donors (Lipinski definition) is 1. The minimum Gasteiger partial charge on any atom is -0.394 e. The van der Waals surface area contributed by atoms with Crippen LogP contribution < -0.4 is 0 Å². The van der Waals surface area contributed by atoms with E-state index in [4.69, 9.17) is 0 Å². The van der Waals surface area contributed by atoms with Crippen molar-refractivity contribution in [1.82, 2.24) is 9.80 Å². The maximum atomic E-state index is 12.8. The summed E-state index contributed by atoms with van der Waals surface area (Å²) in [4.78, 5) is 28.5. The van der Waals surface area contributed by atoms with Gasteiger partial charge in [-0.3, -0.25) is 9.59 Å². The molecule has 2 aliphatic heterocycles. The van der Waals surface area contributed by atoms with Crippen LogP contribution in [-0.2, 0) is 4.79 Å². The second-order valence-corrected chi connectivity index (χ2v) is 8.04. The number of aryl methyl sites for hydroxylation is 1. The van der Waals surface area contributed by atoms with Crippen molar-refractivity contribution in [2.75, 3.05) is 26.2 Å². The fraction of sp³-hybridized carbons (Fsp3) is 0.600. The Kier molecular flexibility index (Phi) is 4.62. The highest BCUT2D eigenvalue weighted by Gasteiger charge is 2.52. The zero-order valence-electron chi connectivity index (χ0n) is 15.4. The van der Waals surface area contributed by atoms with E-state index in [1.165, 1.54) is 0 Å². The third-order valence-electron chi connectivity index (χ3n) is 6.11. The largest absolute Gasteiger partial charge is 0.394 e. The summed E-state index contributed by atoms with van der Waals surface area (Å²) in [6.07, 6.45) is 2.57. The molecule has 2 aliphatic rings. The van der Waals surface area contributed by atoms with E-state index < -0.39 is 5.54 Å². The minimum atomic E-state index is -0.478. The summed E-state index contributed by atoms with van der Waals surface area (Å²) < 4.78 is 0. The predicted molar refractivity (Wildman–Crippen MR) is 96.2 cm³/mol. The number of benzene rings is 1. The molecule has 1 aromatic carbocycles. The fourth-order valence-corrected chi connectivity index (χ4v) is 4.62. The lowest BCUT2D eigenvalue weighted by Gasteiger charge is -2.39. The van der Waals surface area contributed by atoms with Crippen molar-refractivity contribution in [3.8, 4) is 0 Å². The second-order valence-electron chi connectivity index (χ2n) is 8.04. The van der Waals surface area contributed by atoms with Crippen LogP contribution >= 0.6 is 0 Å². The Morgan fingerprint density at radius 3 is 2.36 bits per heavy atom. The van der Waals surface area contributed by atoms with Gasteiger partial charge >= 0.3 is 0 Å². The third-order valence-corrected chi connectivity index (χ3v) is 6.11. The zero-order chi connectivity index (χ0) is 18.2. The van der Waals surface area contributed by atoms with Crippen LogP contribution in [0, 0.1) is 12.3 Å². The van der Waals surface area contributed by atoms with Gasteiger partial charge in [-0.15, -0.1) is 0 Å². The molecule has 2 heterocycles. The Labute approximate surface area is 149 Å². The first kappa shape index (κ1) is 17.9. The number of aliphatic hydroxyl groups excluding tert-OH is 1. The van der Waals surface area contributed by atoms with E-state index in [1.54, 1.807) is 6.92 Å². The van der Waals surface area contributed by atoms with Crippen LogP contribution in [0.4, 0.5) is 0 Å². The summed E-state index contributed by atoms with van der Waals surface area (Å²) >= 11 is 0. The highest BCUT2D eigenvalue weighted by atomic mass is 16.3. The minimum absolute atomic E-state index is 0.0137. The highest BCUT2D eigenvalue weighted by molar-refractivity contribution is 5.95. The molecule has 0 aromatic heterocycles. The molecule has 1 spiro atoms. The first-order chi connectivity index (χ1) is 11.8. The van der Waals surface area contributed by atoms with E-state index in [2.05, 4.69) is 0 Å². The number of likely N-dealkylation sites (tertiary alicyclic amines) is 2. The molecule has 0 radical (unpaired) electrons. The molecule has 2 saturated heterocycles. The smallest absolute Gasteiger partial charge is 0.254 e. The van der Waals surface area contributed by atoms with Crippen molar-refractivity contribution in [1.29, 1.82) is 0 Å². The first-order valence-corrected chi connectivity index (χ1v) is 9.04. The van der Waals surface area contributed by atoms with Crippen LogP contribution in [0.3, 0.4) is 0 Å². The Bertz CT molecular complexity index is 679. The maximum Gasteiger partial charge on any atom is 0.254 e. The Morgan fingerprint density at radius 2 is 1.84 bits per heavy atom. The van der Waals surface area contributed by atoms with Gasteiger partial charge in [-0.1, -0.05) is 18.2 Å². The SMILES string of the molecule is CC(=O)N1CC2(CCN(C(=O)c3ccccc3C)CC2)C[C@]1(C)CO. The zero-order valence-corrected chi connectivity index (χ0v) is 15.4. The first-order valence-electron chi connectivity index (χ1n) is 9.04. The molecule has 0 bridgehead atoms. The van der Waals surface area contributed by atoms with Gasteiger partial charge in [0.1, 0.15) is 0 Å². The lowest BCUT2D eigenvalue weighted by atomic mass is 9.74. The molecule has 25 heavy (non-hydrogen) atoms. The summed E-state index contributed by atoms with van der Waals surface area (Å²) in [5, 5.41) is 9.82. The summed E-state index contributed by atoms with van der Waals surface area (Å²) in [6, 6.07) is 7.70. The molecule has 1 N–H and O–H groups in total. The van der Waals surface area contributed by atoms with Crippen molar-refractivity contribution in [3.63, 3.8) is 0 Å². The molecular formula is C20H28N2O3. The summed E-state index contributed by atoms with van der Waals surface area (Å²) in [5.41, 5.74) is 1.32. The van der Waals surface area contributed by atoms with Gasteiger partial charge in [0, 0.05) is 32.1 Å². The summed E-state index contributed by atoms with van der Waals surface area (Å²) in [7, 11) is 0. The lowest BCUT2D eigenvalue weighted by molar-refractivity contribution is -0.134. The van der Waals surface area contributed by atoms with Gasteiger partial charge in [0.25, 0.3) is 5.91 Å². The molecule has 1 aromatic rings. The van der Waals surface area contributed by atoms with E-state index in [0.717, 1.165) is 30.4 Å². The second kappa shape index (κ2) is 6.45. The molecule has 0 aliphatic carbocycles. The van der Waals surface area contributed by atoms with Crippen molar-refractivity contribution in [3.05, 3.63) is 35.4 Å². The number of carbonyl (C=O) groups excluding carboxylic acids is 2. The van der Waals surface area contributed by atoms with E-state index in [9.17, 15) is 14.7 Å². The van der Waals surface area contributed by atoms with Crippen molar-refractivity contribution in [2.24, 2.45) is 5.41 Å². The third kappa shape index (κ3) is 3.17. The van der Waals surface area contributed by atoms with Gasteiger partial charge < -0.3 is 14.9 Å².